The minimum Gasteiger partial charge on any atom is -0.458 e. The summed E-state index contributed by atoms with van der Waals surface area (Å²) in [5.74, 6) is 1.85. The number of hydrogen-bond donors (Lipinski definition) is 0. The lowest BCUT2D eigenvalue weighted by Gasteiger charge is -2.46. The summed E-state index contributed by atoms with van der Waals surface area (Å²) in [6.45, 7) is 0.0903. The van der Waals surface area contributed by atoms with Gasteiger partial charge < -0.3 is 14.5 Å². The van der Waals surface area contributed by atoms with E-state index >= 15 is 0 Å². The largest absolute Gasteiger partial charge is 0.458 e. The maximum Gasteiger partial charge on any atom is 0.261 e. The molecule has 0 spiro atoms. The first kappa shape index (κ1) is 21.6. The maximum atomic E-state index is 6.65. The van der Waals surface area contributed by atoms with E-state index in [9.17, 15) is 0 Å². The molecule has 0 saturated carbocycles. The van der Waals surface area contributed by atoms with Gasteiger partial charge >= 0.3 is 0 Å². The highest BCUT2D eigenvalue weighted by atomic mass is 16.5. The van der Waals surface area contributed by atoms with Crippen molar-refractivity contribution in [1.29, 1.82) is 0 Å². The van der Waals surface area contributed by atoms with Gasteiger partial charge in [-0.15, -0.1) is 0 Å². The Balaban J connectivity index is 1.35. The van der Waals surface area contributed by atoms with Crippen molar-refractivity contribution >= 4 is 57.2 Å². The van der Waals surface area contributed by atoms with E-state index in [1.54, 1.807) is 0 Å². The second kappa shape index (κ2) is 8.11. The number of hydrogen-bond acceptors (Lipinski definition) is 4. The molecule has 3 aliphatic rings. The molecule has 0 unspecified atom stereocenters. The quantitative estimate of drug-likeness (QED) is 0.241. The zero-order valence-corrected chi connectivity index (χ0v) is 21.5. The summed E-state index contributed by atoms with van der Waals surface area (Å²) in [6.07, 6.45) is 1.85. The van der Waals surface area contributed by atoms with Crippen LogP contribution in [0.3, 0.4) is 0 Å². The topological polar surface area (TPSA) is 28.6 Å². The second-order valence-electron chi connectivity index (χ2n) is 10.4. The molecule has 0 radical (unpaired) electrons. The third kappa shape index (κ3) is 2.89. The standard InChI is InChI=1S/C35H22BN3O/c1-2-11-24(12-3-1)38-27-15-7-16-28-33(27)36-34-29(38)17-8-19-31(34)40-32-20-9-18-30(35(32)36)39(28)25-13-6-10-23(22-25)26-14-4-5-21-37-26/h1-22H. The van der Waals surface area contributed by atoms with E-state index < -0.39 is 0 Å². The van der Waals surface area contributed by atoms with E-state index in [0.717, 1.165) is 39.8 Å². The van der Waals surface area contributed by atoms with Crippen LogP contribution in [0.4, 0.5) is 34.1 Å². The van der Waals surface area contributed by atoms with Crippen molar-refractivity contribution in [1.82, 2.24) is 4.98 Å². The first-order valence-corrected chi connectivity index (χ1v) is 13.6. The molecular weight excluding hydrogens is 489 g/mol. The number of rotatable bonds is 3. The van der Waals surface area contributed by atoms with Gasteiger partial charge in [-0.2, -0.15) is 0 Å². The van der Waals surface area contributed by atoms with Gasteiger partial charge in [-0.1, -0.05) is 54.6 Å². The van der Waals surface area contributed by atoms with Gasteiger partial charge in [-0.05, 0) is 89.2 Å². The third-order valence-electron chi connectivity index (χ3n) is 8.28. The van der Waals surface area contributed by atoms with Crippen molar-refractivity contribution < 1.29 is 4.74 Å². The minimum absolute atomic E-state index is 0.0903. The van der Waals surface area contributed by atoms with Crippen LogP contribution in [0.15, 0.2) is 134 Å². The Morgan fingerprint density at radius 2 is 1.07 bits per heavy atom. The Bertz CT molecular complexity index is 1960. The molecule has 4 nitrogen and oxygen atoms in total. The molecule has 6 aromatic rings. The predicted octanol–water partition coefficient (Wildman–Crippen LogP) is 6.94. The Hall–Kier alpha value is -5.29. The van der Waals surface area contributed by atoms with Gasteiger partial charge in [0.15, 0.2) is 0 Å². The summed E-state index contributed by atoms with van der Waals surface area (Å²) >= 11 is 0. The fraction of sp³-hybridized carbons (Fsp3) is 0. The van der Waals surface area contributed by atoms with Crippen LogP contribution in [-0.4, -0.2) is 11.7 Å². The van der Waals surface area contributed by atoms with E-state index in [1.165, 1.54) is 33.5 Å². The molecule has 0 amide bonds. The lowest BCUT2D eigenvalue weighted by atomic mass is 9.32. The van der Waals surface area contributed by atoms with E-state index in [4.69, 9.17) is 4.74 Å². The number of nitrogens with zero attached hydrogens (tertiary/aromatic N) is 3. The third-order valence-corrected chi connectivity index (χ3v) is 8.28. The number of ether oxygens (including phenoxy) is 1. The van der Waals surface area contributed by atoms with Gasteiger partial charge in [0.05, 0.1) is 5.69 Å². The van der Waals surface area contributed by atoms with Gasteiger partial charge in [0, 0.05) is 45.9 Å². The van der Waals surface area contributed by atoms with E-state index in [2.05, 4.69) is 130 Å². The zero-order valence-electron chi connectivity index (χ0n) is 21.5. The fourth-order valence-electron chi connectivity index (χ4n) is 6.72. The van der Waals surface area contributed by atoms with Crippen LogP contribution in [0.2, 0.25) is 0 Å². The average molecular weight is 511 g/mol. The highest BCUT2D eigenvalue weighted by molar-refractivity contribution is 7.01. The monoisotopic (exact) mass is 511 g/mol. The highest BCUT2D eigenvalue weighted by Crippen LogP contribution is 2.47. The van der Waals surface area contributed by atoms with Crippen molar-refractivity contribution in [3.63, 3.8) is 0 Å². The molecule has 9 rings (SSSR count). The molecule has 0 N–H and O–H groups in total. The van der Waals surface area contributed by atoms with Crippen LogP contribution in [0, 0.1) is 0 Å². The molecule has 0 aliphatic carbocycles. The summed E-state index contributed by atoms with van der Waals surface area (Å²) in [7, 11) is 0. The number of pyridine rings is 1. The van der Waals surface area contributed by atoms with Gasteiger partial charge in [0.2, 0.25) is 0 Å². The number of anilines is 6. The summed E-state index contributed by atoms with van der Waals surface area (Å²) < 4.78 is 6.65. The molecule has 5 aromatic carbocycles. The molecule has 186 valence electrons. The van der Waals surface area contributed by atoms with E-state index in [-0.39, 0.29) is 6.71 Å². The number of para-hydroxylation sites is 1. The molecule has 1 aromatic heterocycles. The van der Waals surface area contributed by atoms with Crippen molar-refractivity contribution in [3.8, 4) is 22.8 Å². The van der Waals surface area contributed by atoms with E-state index in [1.807, 2.05) is 18.3 Å². The Labute approximate surface area is 232 Å². The van der Waals surface area contributed by atoms with Gasteiger partial charge in [-0.3, -0.25) is 4.98 Å². The van der Waals surface area contributed by atoms with Crippen LogP contribution in [0.25, 0.3) is 11.3 Å². The number of benzene rings is 5. The Kier molecular flexibility index (Phi) is 4.38. The van der Waals surface area contributed by atoms with E-state index in [0.29, 0.717) is 0 Å². The zero-order chi connectivity index (χ0) is 26.2. The first-order valence-electron chi connectivity index (χ1n) is 13.6. The van der Waals surface area contributed by atoms with Crippen LogP contribution in [-0.2, 0) is 0 Å². The van der Waals surface area contributed by atoms with Gasteiger partial charge in [-0.25, -0.2) is 0 Å². The molecule has 0 saturated heterocycles. The average Bonchev–Trinajstić information content (AvgIpc) is 3.02. The minimum atomic E-state index is 0.0903. The van der Waals surface area contributed by atoms with Gasteiger partial charge in [0.1, 0.15) is 11.5 Å². The van der Waals surface area contributed by atoms with Crippen molar-refractivity contribution in [2.24, 2.45) is 0 Å². The smallest absolute Gasteiger partial charge is 0.261 e. The molecule has 0 bridgehead atoms. The number of aromatic nitrogens is 1. The molecule has 3 aliphatic heterocycles. The van der Waals surface area contributed by atoms with Crippen molar-refractivity contribution in [2.45, 2.75) is 0 Å². The summed E-state index contributed by atoms with van der Waals surface area (Å²) in [6, 6.07) is 44.9. The SMILES string of the molecule is c1ccc(N2c3cccc4c3B3c5c(cccc5N(c5cccc(-c6ccccn6)c5)c5cccc2c53)O4)cc1. The molecule has 0 atom stereocenters. The van der Waals surface area contributed by atoms with Crippen molar-refractivity contribution in [2.75, 3.05) is 9.80 Å². The second-order valence-corrected chi connectivity index (χ2v) is 10.4. The van der Waals surface area contributed by atoms with Crippen LogP contribution in [0.5, 0.6) is 11.5 Å². The van der Waals surface area contributed by atoms with Gasteiger partial charge in [0.25, 0.3) is 6.71 Å². The summed E-state index contributed by atoms with van der Waals surface area (Å²) in [4.78, 5) is 9.40. The molecule has 0 fully saturated rings. The molecule has 5 heteroatoms. The van der Waals surface area contributed by atoms with Crippen molar-refractivity contribution in [3.05, 3.63) is 134 Å². The summed E-state index contributed by atoms with van der Waals surface area (Å²) in [5, 5.41) is 0. The lowest BCUT2D eigenvalue weighted by Crippen LogP contribution is -2.63. The molecular formula is C35H22BN3O. The predicted molar refractivity (Wildman–Crippen MR) is 164 cm³/mol. The first-order chi connectivity index (χ1) is 19.9. The summed E-state index contributed by atoms with van der Waals surface area (Å²) in [5.41, 5.74) is 12.7. The Morgan fingerprint density at radius 3 is 1.75 bits per heavy atom. The highest BCUT2D eigenvalue weighted by Gasteiger charge is 2.48. The maximum absolute atomic E-state index is 6.65. The van der Waals surface area contributed by atoms with Crippen LogP contribution < -0.4 is 30.9 Å². The fourth-order valence-corrected chi connectivity index (χ4v) is 6.72. The molecule has 4 heterocycles. The Morgan fingerprint density at radius 1 is 0.500 bits per heavy atom. The lowest BCUT2D eigenvalue weighted by molar-refractivity contribution is 0.487. The normalized spacial score (nSPS) is 13.6. The molecule has 40 heavy (non-hydrogen) atoms. The van der Waals surface area contributed by atoms with Crippen LogP contribution in [0.1, 0.15) is 0 Å². The van der Waals surface area contributed by atoms with Crippen LogP contribution >= 0.6 is 0 Å².